The molecule has 0 aliphatic heterocycles. The molecule has 0 saturated heterocycles. The number of nitrogens with one attached hydrogen (secondary N) is 2. The van der Waals surface area contributed by atoms with E-state index in [-0.39, 0.29) is 18.4 Å². The minimum absolute atomic E-state index is 0.0623. The number of hydrogen-bond acceptors (Lipinski definition) is 2. The third-order valence-corrected chi connectivity index (χ3v) is 3.99. The van der Waals surface area contributed by atoms with E-state index in [0.29, 0.717) is 11.1 Å². The van der Waals surface area contributed by atoms with E-state index in [2.05, 4.69) is 10.6 Å². The van der Waals surface area contributed by atoms with Crippen molar-refractivity contribution in [3.63, 3.8) is 0 Å². The fourth-order valence-electron chi connectivity index (χ4n) is 2.51. The third kappa shape index (κ3) is 5.84. The number of halogens is 3. The standard InChI is InChI=1S/C20H21F3N2O2/c1-13(2)17(25-18(26)15-8-4-3-5-9-15)19(27)24-12-14-7-6-10-16(11-14)20(21,22)23/h3-11,13,17H,12H2,1-2H3,(H,24,27)(H,25,26). The van der Waals surface area contributed by atoms with Gasteiger partial charge in [-0.1, -0.05) is 44.2 Å². The van der Waals surface area contributed by atoms with Gasteiger partial charge in [-0.3, -0.25) is 9.59 Å². The van der Waals surface area contributed by atoms with Crippen LogP contribution in [0.15, 0.2) is 54.6 Å². The maximum absolute atomic E-state index is 12.8. The lowest BCUT2D eigenvalue weighted by molar-refractivity contribution is -0.137. The quantitative estimate of drug-likeness (QED) is 0.804. The molecule has 2 aromatic carbocycles. The average Bonchev–Trinajstić information content (AvgIpc) is 2.64. The van der Waals surface area contributed by atoms with Crippen LogP contribution in [0.5, 0.6) is 0 Å². The Hall–Kier alpha value is -2.83. The van der Waals surface area contributed by atoms with Gasteiger partial charge in [0.15, 0.2) is 0 Å². The Balaban J connectivity index is 2.02. The molecule has 2 N–H and O–H groups in total. The van der Waals surface area contributed by atoms with Crippen molar-refractivity contribution in [1.29, 1.82) is 0 Å². The monoisotopic (exact) mass is 378 g/mol. The van der Waals surface area contributed by atoms with Gasteiger partial charge in [0.05, 0.1) is 5.56 Å². The van der Waals surface area contributed by atoms with E-state index in [4.69, 9.17) is 0 Å². The van der Waals surface area contributed by atoms with E-state index in [0.717, 1.165) is 12.1 Å². The van der Waals surface area contributed by atoms with Crippen molar-refractivity contribution >= 4 is 11.8 Å². The number of carbonyl (C=O) groups is 2. The summed E-state index contributed by atoms with van der Waals surface area (Å²) in [4.78, 5) is 24.7. The molecule has 2 rings (SSSR count). The Morgan fingerprint density at radius 1 is 1.00 bits per heavy atom. The molecular weight excluding hydrogens is 357 g/mol. The number of alkyl halides is 3. The molecule has 27 heavy (non-hydrogen) atoms. The molecular formula is C20H21F3N2O2. The summed E-state index contributed by atoms with van der Waals surface area (Å²) in [5.41, 5.74) is -0.0177. The Bertz CT molecular complexity index is 789. The second-order valence-electron chi connectivity index (χ2n) is 6.48. The van der Waals surface area contributed by atoms with Crippen molar-refractivity contribution < 1.29 is 22.8 Å². The number of carbonyl (C=O) groups excluding carboxylic acids is 2. The van der Waals surface area contributed by atoms with E-state index in [9.17, 15) is 22.8 Å². The Morgan fingerprint density at radius 2 is 1.67 bits per heavy atom. The van der Waals surface area contributed by atoms with Crippen molar-refractivity contribution in [2.75, 3.05) is 0 Å². The van der Waals surface area contributed by atoms with Gasteiger partial charge in [-0.25, -0.2) is 0 Å². The first-order valence-electron chi connectivity index (χ1n) is 8.48. The van der Waals surface area contributed by atoms with Crippen LogP contribution in [0.2, 0.25) is 0 Å². The first kappa shape index (κ1) is 20.5. The van der Waals surface area contributed by atoms with E-state index in [1.54, 1.807) is 44.2 Å². The normalized spacial score (nSPS) is 12.5. The molecule has 2 amide bonds. The fourth-order valence-corrected chi connectivity index (χ4v) is 2.51. The maximum Gasteiger partial charge on any atom is 0.416 e. The molecule has 0 bridgehead atoms. The van der Waals surface area contributed by atoms with E-state index in [1.165, 1.54) is 12.1 Å². The zero-order valence-corrected chi connectivity index (χ0v) is 15.0. The second-order valence-corrected chi connectivity index (χ2v) is 6.48. The van der Waals surface area contributed by atoms with Crippen molar-refractivity contribution in [2.24, 2.45) is 5.92 Å². The van der Waals surface area contributed by atoms with Crippen LogP contribution in [-0.4, -0.2) is 17.9 Å². The molecule has 0 aliphatic carbocycles. The molecule has 7 heteroatoms. The highest BCUT2D eigenvalue weighted by Gasteiger charge is 2.30. The van der Waals surface area contributed by atoms with Crippen LogP contribution in [0.4, 0.5) is 13.2 Å². The lowest BCUT2D eigenvalue weighted by Crippen LogP contribution is -2.49. The number of hydrogen-bond donors (Lipinski definition) is 2. The van der Waals surface area contributed by atoms with Gasteiger partial charge in [-0.2, -0.15) is 13.2 Å². The Labute approximate surface area is 155 Å². The van der Waals surface area contributed by atoms with Crippen LogP contribution in [-0.2, 0) is 17.5 Å². The largest absolute Gasteiger partial charge is 0.416 e. The van der Waals surface area contributed by atoms with Gasteiger partial charge in [-0.15, -0.1) is 0 Å². The number of benzene rings is 2. The Kier molecular flexibility index (Phi) is 6.60. The lowest BCUT2D eigenvalue weighted by Gasteiger charge is -2.22. The van der Waals surface area contributed by atoms with Gasteiger partial charge in [0.2, 0.25) is 5.91 Å². The maximum atomic E-state index is 12.8. The predicted molar refractivity (Wildman–Crippen MR) is 95.8 cm³/mol. The van der Waals surface area contributed by atoms with Gasteiger partial charge in [-0.05, 0) is 35.7 Å². The lowest BCUT2D eigenvalue weighted by atomic mass is 10.0. The van der Waals surface area contributed by atoms with Crippen LogP contribution in [0.25, 0.3) is 0 Å². The second kappa shape index (κ2) is 8.70. The SMILES string of the molecule is CC(C)C(NC(=O)c1ccccc1)C(=O)NCc1cccc(C(F)(F)F)c1. The molecule has 0 radical (unpaired) electrons. The highest BCUT2D eigenvalue weighted by atomic mass is 19.4. The zero-order chi connectivity index (χ0) is 20.0. The van der Waals surface area contributed by atoms with Crippen LogP contribution in [0.1, 0.15) is 35.3 Å². The minimum Gasteiger partial charge on any atom is -0.350 e. The van der Waals surface area contributed by atoms with E-state index >= 15 is 0 Å². The molecule has 144 valence electrons. The highest BCUT2D eigenvalue weighted by molar-refractivity contribution is 5.97. The third-order valence-electron chi connectivity index (χ3n) is 3.99. The summed E-state index contributed by atoms with van der Waals surface area (Å²) >= 11 is 0. The molecule has 0 saturated carbocycles. The van der Waals surface area contributed by atoms with E-state index in [1.807, 2.05) is 0 Å². The summed E-state index contributed by atoms with van der Waals surface area (Å²) in [7, 11) is 0. The molecule has 0 fully saturated rings. The smallest absolute Gasteiger partial charge is 0.350 e. The molecule has 4 nitrogen and oxygen atoms in total. The first-order chi connectivity index (χ1) is 12.7. The fraction of sp³-hybridized carbons (Fsp3) is 0.300. The summed E-state index contributed by atoms with van der Waals surface area (Å²) < 4.78 is 38.3. The molecule has 1 unspecified atom stereocenters. The summed E-state index contributed by atoms with van der Waals surface area (Å²) in [6, 6.07) is 12.4. The first-order valence-corrected chi connectivity index (χ1v) is 8.48. The molecule has 0 heterocycles. The molecule has 0 aliphatic rings. The van der Waals surface area contributed by atoms with Gasteiger partial charge >= 0.3 is 6.18 Å². The van der Waals surface area contributed by atoms with Crippen molar-refractivity contribution in [2.45, 2.75) is 32.6 Å². The molecule has 0 aromatic heterocycles. The average molecular weight is 378 g/mol. The number of amides is 2. The van der Waals surface area contributed by atoms with Gasteiger partial charge < -0.3 is 10.6 Å². The van der Waals surface area contributed by atoms with Gasteiger partial charge in [0, 0.05) is 12.1 Å². The van der Waals surface area contributed by atoms with Crippen molar-refractivity contribution in [1.82, 2.24) is 10.6 Å². The van der Waals surface area contributed by atoms with Crippen LogP contribution in [0.3, 0.4) is 0 Å². The molecule has 0 spiro atoms. The van der Waals surface area contributed by atoms with E-state index < -0.39 is 23.7 Å². The summed E-state index contributed by atoms with van der Waals surface area (Å²) in [5, 5.41) is 5.27. The summed E-state index contributed by atoms with van der Waals surface area (Å²) in [6.45, 7) is 3.49. The number of rotatable bonds is 6. The molecule has 1 atom stereocenters. The summed E-state index contributed by atoms with van der Waals surface area (Å²) in [6.07, 6.45) is -4.44. The Morgan fingerprint density at radius 3 is 2.26 bits per heavy atom. The molecule has 2 aromatic rings. The topological polar surface area (TPSA) is 58.2 Å². The highest BCUT2D eigenvalue weighted by Crippen LogP contribution is 2.29. The van der Waals surface area contributed by atoms with Gasteiger partial charge in [0.1, 0.15) is 6.04 Å². The van der Waals surface area contributed by atoms with Gasteiger partial charge in [0.25, 0.3) is 5.91 Å². The van der Waals surface area contributed by atoms with Crippen molar-refractivity contribution in [3.05, 3.63) is 71.3 Å². The summed E-state index contributed by atoms with van der Waals surface area (Å²) in [5.74, 6) is -1.03. The van der Waals surface area contributed by atoms with Crippen LogP contribution < -0.4 is 10.6 Å². The van der Waals surface area contributed by atoms with Crippen molar-refractivity contribution in [3.8, 4) is 0 Å². The van der Waals surface area contributed by atoms with Crippen LogP contribution in [0, 0.1) is 5.92 Å². The zero-order valence-electron chi connectivity index (χ0n) is 15.0. The predicted octanol–water partition coefficient (Wildman–Crippen LogP) is 3.78. The van der Waals surface area contributed by atoms with Crippen LogP contribution >= 0.6 is 0 Å². The minimum atomic E-state index is -4.44.